The van der Waals surface area contributed by atoms with E-state index in [1.807, 2.05) is 79.4 Å². The molecule has 5 heteroatoms. The quantitative estimate of drug-likeness (QED) is 0.644. The average Bonchev–Trinajstić information content (AvgIpc) is 3.09. The van der Waals surface area contributed by atoms with Crippen molar-refractivity contribution >= 4 is 23.3 Å². The maximum atomic E-state index is 14.5. The second-order valence-corrected chi connectivity index (χ2v) is 9.28. The van der Waals surface area contributed by atoms with Gasteiger partial charge >= 0.3 is 5.97 Å². The van der Waals surface area contributed by atoms with Gasteiger partial charge in [0.2, 0.25) is 5.91 Å². The molecule has 2 fully saturated rings. The van der Waals surface area contributed by atoms with Crippen LogP contribution in [0.15, 0.2) is 60.7 Å². The van der Waals surface area contributed by atoms with Crippen LogP contribution in [0.1, 0.15) is 46.0 Å². The molecule has 2 aliphatic rings. The first-order valence-electron chi connectivity index (χ1n) is 11.9. The van der Waals surface area contributed by atoms with Gasteiger partial charge in [0.05, 0.1) is 5.92 Å². The lowest BCUT2D eigenvalue weighted by molar-refractivity contribution is -0.143. The molecule has 4 atom stereocenters. The minimum atomic E-state index is -0.297. The minimum Gasteiger partial charge on any atom is -0.462 e. The zero-order valence-corrected chi connectivity index (χ0v) is 19.0. The van der Waals surface area contributed by atoms with Gasteiger partial charge in [-0.25, -0.2) is 0 Å². The molecule has 1 amide bonds. The number of hydrogen-bond acceptors (Lipinski definition) is 4. The van der Waals surface area contributed by atoms with Gasteiger partial charge < -0.3 is 10.5 Å². The molecular weight excluding hydrogens is 400 g/mol. The topological polar surface area (TPSA) is 72.6 Å². The lowest BCUT2D eigenvalue weighted by Crippen LogP contribution is -2.46. The number of anilines is 2. The Morgan fingerprint density at radius 2 is 1.53 bits per heavy atom. The van der Waals surface area contributed by atoms with E-state index < -0.39 is 0 Å². The van der Waals surface area contributed by atoms with Crippen LogP contribution in [0.2, 0.25) is 0 Å². The van der Waals surface area contributed by atoms with E-state index in [4.69, 9.17) is 10.5 Å². The number of nitrogens with two attached hydrogens (primary N) is 1. The standard InChI is InChI=1S/C27H34N2O3/c1-3-23-24(18(2)32-27(23)31)25(19-14-16-20(28)17-15-19)26(30)29(21-10-6-4-7-11-21)22-12-8-5-9-13-22/h4-13,18-20,23-25H,3,14-17,28H2,1-2H3/t18-,19?,20?,23?,24-,25+/m1/s1. The summed E-state index contributed by atoms with van der Waals surface area (Å²) in [5.74, 6) is -0.600. The summed E-state index contributed by atoms with van der Waals surface area (Å²) in [6.45, 7) is 3.96. The van der Waals surface area contributed by atoms with Crippen molar-refractivity contribution in [3.8, 4) is 0 Å². The molecule has 0 spiro atoms. The maximum absolute atomic E-state index is 14.5. The van der Waals surface area contributed by atoms with E-state index in [1.54, 1.807) is 0 Å². The third-order valence-corrected chi connectivity index (χ3v) is 7.32. The van der Waals surface area contributed by atoms with Crippen molar-refractivity contribution in [1.29, 1.82) is 0 Å². The van der Waals surface area contributed by atoms with Gasteiger partial charge in [-0.2, -0.15) is 0 Å². The molecule has 2 aromatic carbocycles. The summed E-state index contributed by atoms with van der Waals surface area (Å²) in [6.07, 6.45) is 4.05. The number of carbonyl (C=O) groups excluding carboxylic acids is 2. The molecule has 170 valence electrons. The molecule has 1 saturated heterocycles. The first kappa shape index (κ1) is 22.5. The summed E-state index contributed by atoms with van der Waals surface area (Å²) in [7, 11) is 0. The summed E-state index contributed by atoms with van der Waals surface area (Å²) in [4.78, 5) is 28.9. The molecule has 1 aliphatic heterocycles. The van der Waals surface area contributed by atoms with Crippen molar-refractivity contribution in [2.45, 2.75) is 58.1 Å². The van der Waals surface area contributed by atoms with E-state index in [0.29, 0.717) is 6.42 Å². The van der Waals surface area contributed by atoms with Crippen LogP contribution in [0.25, 0.3) is 0 Å². The second kappa shape index (κ2) is 9.86. The number of hydrogen-bond donors (Lipinski definition) is 1. The smallest absolute Gasteiger partial charge is 0.309 e. The normalized spacial score (nSPS) is 28.7. The number of carbonyl (C=O) groups is 2. The highest BCUT2D eigenvalue weighted by atomic mass is 16.6. The Labute approximate surface area is 190 Å². The van der Waals surface area contributed by atoms with Gasteiger partial charge in [0.15, 0.2) is 0 Å². The second-order valence-electron chi connectivity index (χ2n) is 9.28. The SMILES string of the molecule is CCC1C(=O)O[C@H](C)[C@H]1[C@@H](C(=O)N(c1ccccc1)c1ccccc1)C1CCC(N)CC1. The molecular formula is C27H34N2O3. The molecule has 5 nitrogen and oxygen atoms in total. The van der Waals surface area contributed by atoms with E-state index in [0.717, 1.165) is 37.1 Å². The Bertz CT molecular complexity index is 870. The Morgan fingerprint density at radius 1 is 1.00 bits per heavy atom. The van der Waals surface area contributed by atoms with Crippen molar-refractivity contribution in [2.75, 3.05) is 4.90 Å². The van der Waals surface area contributed by atoms with Crippen molar-refractivity contribution < 1.29 is 14.3 Å². The van der Waals surface area contributed by atoms with Crippen molar-refractivity contribution in [3.05, 3.63) is 60.7 Å². The molecule has 1 unspecified atom stereocenters. The Balaban J connectivity index is 1.78. The van der Waals surface area contributed by atoms with Crippen LogP contribution in [0.5, 0.6) is 0 Å². The number of benzene rings is 2. The van der Waals surface area contributed by atoms with Crippen LogP contribution in [-0.4, -0.2) is 24.0 Å². The van der Waals surface area contributed by atoms with E-state index in [9.17, 15) is 9.59 Å². The van der Waals surface area contributed by atoms with Gasteiger partial charge in [-0.3, -0.25) is 14.5 Å². The monoisotopic (exact) mass is 434 g/mol. The molecule has 2 N–H and O–H groups in total. The summed E-state index contributed by atoms with van der Waals surface area (Å²) >= 11 is 0. The van der Waals surface area contributed by atoms with Gasteiger partial charge in [-0.1, -0.05) is 43.3 Å². The van der Waals surface area contributed by atoms with Crippen LogP contribution < -0.4 is 10.6 Å². The summed E-state index contributed by atoms with van der Waals surface area (Å²) < 4.78 is 5.68. The number of ether oxygens (including phenoxy) is 1. The number of para-hydroxylation sites is 2. The number of esters is 1. The highest BCUT2D eigenvalue weighted by Crippen LogP contribution is 2.45. The highest BCUT2D eigenvalue weighted by Gasteiger charge is 2.51. The van der Waals surface area contributed by atoms with E-state index in [2.05, 4.69) is 0 Å². The molecule has 32 heavy (non-hydrogen) atoms. The van der Waals surface area contributed by atoms with Crippen LogP contribution in [0.3, 0.4) is 0 Å². The van der Waals surface area contributed by atoms with Crippen LogP contribution in [0.4, 0.5) is 11.4 Å². The highest BCUT2D eigenvalue weighted by molar-refractivity contribution is 6.02. The molecule has 2 aromatic rings. The first-order valence-corrected chi connectivity index (χ1v) is 11.9. The number of cyclic esters (lactones) is 1. The fourth-order valence-corrected chi connectivity index (χ4v) is 5.71. The average molecular weight is 435 g/mol. The Hall–Kier alpha value is -2.66. The van der Waals surface area contributed by atoms with E-state index in [1.165, 1.54) is 0 Å². The fourth-order valence-electron chi connectivity index (χ4n) is 5.71. The van der Waals surface area contributed by atoms with Gasteiger partial charge in [-0.15, -0.1) is 0 Å². The molecule has 4 rings (SSSR count). The molecule has 1 saturated carbocycles. The first-order chi connectivity index (χ1) is 15.5. The van der Waals surface area contributed by atoms with Gasteiger partial charge in [-0.05, 0) is 69.2 Å². The molecule has 0 bridgehead atoms. The van der Waals surface area contributed by atoms with Crippen LogP contribution >= 0.6 is 0 Å². The number of rotatable bonds is 6. The molecule has 1 heterocycles. The van der Waals surface area contributed by atoms with Gasteiger partial charge in [0.1, 0.15) is 6.10 Å². The van der Waals surface area contributed by atoms with E-state index >= 15 is 0 Å². The van der Waals surface area contributed by atoms with Crippen molar-refractivity contribution in [2.24, 2.45) is 29.4 Å². The third-order valence-electron chi connectivity index (χ3n) is 7.32. The van der Waals surface area contributed by atoms with Crippen molar-refractivity contribution in [1.82, 2.24) is 0 Å². The van der Waals surface area contributed by atoms with E-state index in [-0.39, 0.29) is 47.7 Å². The molecule has 1 aliphatic carbocycles. The lowest BCUT2D eigenvalue weighted by atomic mass is 9.67. The fraction of sp³-hybridized carbons (Fsp3) is 0.481. The predicted molar refractivity (Wildman–Crippen MR) is 126 cm³/mol. The molecule has 0 radical (unpaired) electrons. The zero-order valence-electron chi connectivity index (χ0n) is 19.0. The van der Waals surface area contributed by atoms with Gasteiger partial charge in [0, 0.05) is 29.3 Å². The maximum Gasteiger partial charge on any atom is 0.309 e. The minimum absolute atomic E-state index is 0.0523. The van der Waals surface area contributed by atoms with Crippen molar-refractivity contribution in [3.63, 3.8) is 0 Å². The zero-order chi connectivity index (χ0) is 22.7. The van der Waals surface area contributed by atoms with Crippen LogP contribution in [-0.2, 0) is 14.3 Å². The van der Waals surface area contributed by atoms with Crippen LogP contribution in [0, 0.1) is 23.7 Å². The predicted octanol–water partition coefficient (Wildman–Crippen LogP) is 5.07. The Kier molecular flexibility index (Phi) is 6.95. The van der Waals surface area contributed by atoms with Gasteiger partial charge in [0.25, 0.3) is 0 Å². The lowest BCUT2D eigenvalue weighted by Gasteiger charge is -2.39. The largest absolute Gasteiger partial charge is 0.462 e. The number of amides is 1. The summed E-state index contributed by atoms with van der Waals surface area (Å²) in [5, 5.41) is 0. The molecule has 0 aromatic heterocycles. The number of nitrogens with zero attached hydrogens (tertiary/aromatic N) is 1. The Morgan fingerprint density at radius 3 is 2.03 bits per heavy atom. The third kappa shape index (κ3) is 4.44. The summed E-state index contributed by atoms with van der Waals surface area (Å²) in [6, 6.07) is 19.8. The summed E-state index contributed by atoms with van der Waals surface area (Å²) in [5.41, 5.74) is 7.88.